The lowest BCUT2D eigenvalue weighted by molar-refractivity contribution is 0.571. The molecule has 1 heterocycles. The predicted octanol–water partition coefficient (Wildman–Crippen LogP) is 2.10. The Morgan fingerprint density at radius 1 is 1.53 bits per heavy atom. The monoisotopic (exact) mass is 249 g/mol. The number of aromatic nitrogens is 2. The van der Waals surface area contributed by atoms with Crippen LogP contribution in [0.3, 0.4) is 0 Å². The molecule has 0 fully saturated rings. The molecule has 0 aliphatic heterocycles. The van der Waals surface area contributed by atoms with Crippen molar-refractivity contribution in [1.29, 1.82) is 0 Å². The lowest BCUT2D eigenvalue weighted by Crippen LogP contribution is -2.38. The summed E-state index contributed by atoms with van der Waals surface area (Å²) in [5.41, 5.74) is 0.545. The van der Waals surface area contributed by atoms with Crippen LogP contribution in [0.4, 0.5) is 5.82 Å². The minimum atomic E-state index is 0.217. The van der Waals surface area contributed by atoms with E-state index in [1.54, 1.807) is 6.20 Å². The van der Waals surface area contributed by atoms with Gasteiger partial charge in [-0.25, -0.2) is 9.97 Å². The fraction of sp³-hybridized carbons (Fsp3) is 0.500. The molecule has 2 radical (unpaired) electrons. The Balaban J connectivity index is 3.11. The zero-order valence-corrected chi connectivity index (χ0v) is 11.1. The van der Waals surface area contributed by atoms with E-state index in [-0.39, 0.29) is 5.28 Å². The fourth-order valence-corrected chi connectivity index (χ4v) is 2.00. The molecule has 1 aromatic rings. The van der Waals surface area contributed by atoms with Crippen LogP contribution in [0.5, 0.6) is 0 Å². The van der Waals surface area contributed by atoms with E-state index in [0.717, 1.165) is 12.8 Å². The minimum absolute atomic E-state index is 0.217. The molecule has 0 aliphatic rings. The maximum absolute atomic E-state index is 5.91. The van der Waals surface area contributed by atoms with Crippen molar-refractivity contribution in [2.24, 2.45) is 0 Å². The average molecular weight is 250 g/mol. The number of nitrogens with zero attached hydrogens (tertiary/aromatic N) is 3. The molecule has 0 saturated heterocycles. The highest BCUT2D eigenvalue weighted by Gasteiger charge is 2.17. The average Bonchev–Trinajstić information content (AvgIpc) is 2.33. The summed E-state index contributed by atoms with van der Waals surface area (Å²) in [5, 5.41) is 0.217. The van der Waals surface area contributed by atoms with Gasteiger partial charge in [0.25, 0.3) is 0 Å². The second-order valence-corrected chi connectivity index (χ2v) is 4.17. The standard InChI is InChI=1S/C12H17BClN3/c1-4-7-17(9(5-2)6-3)11-10(13)8-15-12(14)16-11/h4,8-9H,1,5-7H2,2-3H3. The molecule has 0 N–H and O–H groups in total. The summed E-state index contributed by atoms with van der Waals surface area (Å²) in [7, 11) is 5.91. The smallest absolute Gasteiger partial charge is 0.224 e. The Morgan fingerprint density at radius 2 is 2.18 bits per heavy atom. The largest absolute Gasteiger partial charge is 0.350 e. The van der Waals surface area contributed by atoms with Crippen LogP contribution >= 0.6 is 11.6 Å². The van der Waals surface area contributed by atoms with Crippen molar-refractivity contribution in [2.75, 3.05) is 11.4 Å². The van der Waals surface area contributed by atoms with Gasteiger partial charge >= 0.3 is 0 Å². The van der Waals surface area contributed by atoms with Gasteiger partial charge in [0.1, 0.15) is 13.7 Å². The van der Waals surface area contributed by atoms with E-state index in [2.05, 4.69) is 35.3 Å². The van der Waals surface area contributed by atoms with Gasteiger partial charge in [0, 0.05) is 18.8 Å². The van der Waals surface area contributed by atoms with Crippen LogP contribution in [-0.2, 0) is 0 Å². The molecular formula is C12H17BClN3. The minimum Gasteiger partial charge on any atom is -0.350 e. The summed E-state index contributed by atoms with van der Waals surface area (Å²) in [5.74, 6) is 0.693. The second kappa shape index (κ2) is 6.65. The third-order valence-electron chi connectivity index (χ3n) is 2.75. The summed E-state index contributed by atoms with van der Waals surface area (Å²) in [4.78, 5) is 10.2. The van der Waals surface area contributed by atoms with Gasteiger partial charge in [-0.2, -0.15) is 0 Å². The molecule has 0 spiro atoms. The third-order valence-corrected chi connectivity index (χ3v) is 2.93. The molecule has 3 nitrogen and oxygen atoms in total. The molecule has 0 unspecified atom stereocenters. The van der Waals surface area contributed by atoms with Gasteiger partial charge in [0.15, 0.2) is 0 Å². The van der Waals surface area contributed by atoms with Crippen molar-refractivity contribution in [2.45, 2.75) is 32.7 Å². The van der Waals surface area contributed by atoms with Crippen LogP contribution in [0, 0.1) is 0 Å². The Morgan fingerprint density at radius 3 is 2.71 bits per heavy atom. The molecule has 0 aromatic carbocycles. The molecular weight excluding hydrogens is 232 g/mol. The quantitative estimate of drug-likeness (QED) is 0.439. The summed E-state index contributed by atoms with van der Waals surface area (Å²) >= 11 is 5.82. The summed E-state index contributed by atoms with van der Waals surface area (Å²) in [6.07, 6.45) is 5.42. The molecule has 0 saturated carbocycles. The second-order valence-electron chi connectivity index (χ2n) is 3.83. The van der Waals surface area contributed by atoms with Gasteiger partial charge in [-0.3, -0.25) is 0 Å². The number of rotatable bonds is 6. The van der Waals surface area contributed by atoms with E-state index in [9.17, 15) is 0 Å². The normalized spacial score (nSPS) is 10.6. The Bertz CT molecular complexity index is 380. The molecule has 0 bridgehead atoms. The predicted molar refractivity (Wildman–Crippen MR) is 74.3 cm³/mol. The topological polar surface area (TPSA) is 29.0 Å². The van der Waals surface area contributed by atoms with Gasteiger partial charge in [0.05, 0.1) is 0 Å². The van der Waals surface area contributed by atoms with Crippen LogP contribution in [0.15, 0.2) is 18.9 Å². The number of anilines is 1. The maximum Gasteiger partial charge on any atom is 0.224 e. The van der Waals surface area contributed by atoms with E-state index in [4.69, 9.17) is 19.4 Å². The van der Waals surface area contributed by atoms with E-state index in [1.807, 2.05) is 6.08 Å². The van der Waals surface area contributed by atoms with Crippen molar-refractivity contribution in [3.8, 4) is 0 Å². The lowest BCUT2D eigenvalue weighted by Gasteiger charge is -2.31. The van der Waals surface area contributed by atoms with Gasteiger partial charge in [-0.15, -0.1) is 6.58 Å². The highest BCUT2D eigenvalue weighted by molar-refractivity contribution is 6.36. The first-order chi connectivity index (χ1) is 8.13. The summed E-state index contributed by atoms with van der Waals surface area (Å²) in [6, 6.07) is 0.376. The van der Waals surface area contributed by atoms with Crippen molar-refractivity contribution in [3.05, 3.63) is 24.1 Å². The van der Waals surface area contributed by atoms with Crippen molar-refractivity contribution in [1.82, 2.24) is 9.97 Å². The van der Waals surface area contributed by atoms with E-state index in [1.165, 1.54) is 0 Å². The Labute approximate surface area is 109 Å². The highest BCUT2D eigenvalue weighted by Crippen LogP contribution is 2.17. The highest BCUT2D eigenvalue weighted by atomic mass is 35.5. The van der Waals surface area contributed by atoms with E-state index >= 15 is 0 Å². The summed E-state index contributed by atoms with van der Waals surface area (Å²) < 4.78 is 0. The summed E-state index contributed by atoms with van der Waals surface area (Å²) in [6.45, 7) is 8.75. The molecule has 5 heteroatoms. The molecule has 90 valence electrons. The fourth-order valence-electron chi connectivity index (χ4n) is 1.87. The first-order valence-electron chi connectivity index (χ1n) is 5.79. The zero-order valence-electron chi connectivity index (χ0n) is 10.4. The molecule has 0 aliphatic carbocycles. The van der Waals surface area contributed by atoms with Crippen LogP contribution in [0.25, 0.3) is 0 Å². The molecule has 1 rings (SSSR count). The van der Waals surface area contributed by atoms with Gasteiger partial charge < -0.3 is 4.90 Å². The first-order valence-corrected chi connectivity index (χ1v) is 6.17. The molecule has 0 amide bonds. The van der Waals surface area contributed by atoms with Gasteiger partial charge in [-0.05, 0) is 29.9 Å². The Hall–Kier alpha value is -1.03. The van der Waals surface area contributed by atoms with Crippen molar-refractivity contribution >= 4 is 30.7 Å². The number of halogens is 1. The molecule has 17 heavy (non-hydrogen) atoms. The number of hydrogen-bond acceptors (Lipinski definition) is 3. The van der Waals surface area contributed by atoms with Crippen LogP contribution in [-0.4, -0.2) is 30.4 Å². The van der Waals surface area contributed by atoms with Crippen molar-refractivity contribution < 1.29 is 0 Å². The van der Waals surface area contributed by atoms with Crippen LogP contribution in [0.2, 0.25) is 5.28 Å². The van der Waals surface area contributed by atoms with E-state index < -0.39 is 0 Å². The molecule has 1 aromatic heterocycles. The van der Waals surface area contributed by atoms with E-state index in [0.29, 0.717) is 23.9 Å². The lowest BCUT2D eigenvalue weighted by atomic mass is 9.97. The van der Waals surface area contributed by atoms with Gasteiger partial charge in [-0.1, -0.05) is 19.9 Å². The number of hydrogen-bond donors (Lipinski definition) is 0. The third kappa shape index (κ3) is 3.46. The van der Waals surface area contributed by atoms with Crippen molar-refractivity contribution in [3.63, 3.8) is 0 Å². The first kappa shape index (κ1) is 14.0. The molecule has 0 atom stereocenters. The zero-order chi connectivity index (χ0) is 12.8. The maximum atomic E-state index is 5.91. The van der Waals surface area contributed by atoms with Crippen LogP contribution < -0.4 is 10.4 Å². The van der Waals surface area contributed by atoms with Crippen LogP contribution in [0.1, 0.15) is 26.7 Å². The van der Waals surface area contributed by atoms with Gasteiger partial charge in [0.2, 0.25) is 5.28 Å². The Kier molecular flexibility index (Phi) is 5.49. The SMILES string of the molecule is [B]c1cnc(Cl)nc1N(CC=C)C(CC)CC.